The Balaban J connectivity index is 0.00000450. The summed E-state index contributed by atoms with van der Waals surface area (Å²) in [4.78, 5) is 17.7. The van der Waals surface area contributed by atoms with Gasteiger partial charge in [0.15, 0.2) is 5.96 Å². The lowest BCUT2D eigenvalue weighted by atomic mass is 10.1. The molecule has 6 nitrogen and oxygen atoms in total. The molecule has 0 fully saturated rings. The number of hydrogen-bond acceptors (Lipinski definition) is 4. The first kappa shape index (κ1) is 26.7. The second kappa shape index (κ2) is 13.8. The Morgan fingerprint density at radius 3 is 2.63 bits per heavy atom. The van der Waals surface area contributed by atoms with Crippen LogP contribution in [0.4, 0.5) is 0 Å². The first-order valence-corrected chi connectivity index (χ1v) is 11.0. The molecular weight excluding hydrogens is 535 g/mol. The summed E-state index contributed by atoms with van der Waals surface area (Å²) in [7, 11) is 0. The minimum atomic E-state index is -0.663. The van der Waals surface area contributed by atoms with Crippen LogP contribution >= 0.6 is 46.9 Å². The molecule has 0 saturated heterocycles. The van der Waals surface area contributed by atoms with Crippen molar-refractivity contribution < 1.29 is 9.90 Å². The number of amides is 1. The molecule has 0 radical (unpaired) electrons. The van der Waals surface area contributed by atoms with E-state index in [-0.39, 0.29) is 35.9 Å². The monoisotopic (exact) mass is 564 g/mol. The summed E-state index contributed by atoms with van der Waals surface area (Å²) in [5.74, 6) is 0.525. The number of guanidine groups is 1. The van der Waals surface area contributed by atoms with Crippen molar-refractivity contribution in [3.05, 3.63) is 56.7 Å². The van der Waals surface area contributed by atoms with Crippen LogP contribution in [0.3, 0.4) is 0 Å². The van der Waals surface area contributed by atoms with Gasteiger partial charge in [-0.1, -0.05) is 30.7 Å². The molecule has 0 bridgehead atoms. The summed E-state index contributed by atoms with van der Waals surface area (Å²) in [5, 5.41) is 19.6. The number of carbonyl (C=O) groups is 1. The third kappa shape index (κ3) is 8.79. The van der Waals surface area contributed by atoms with Gasteiger partial charge in [0.1, 0.15) is 6.10 Å². The molecule has 2 atom stereocenters. The minimum absolute atomic E-state index is 0. The first-order chi connectivity index (χ1) is 13.9. The van der Waals surface area contributed by atoms with E-state index in [2.05, 4.69) is 20.9 Å². The minimum Gasteiger partial charge on any atom is -0.386 e. The van der Waals surface area contributed by atoms with Crippen LogP contribution in [0.5, 0.6) is 0 Å². The van der Waals surface area contributed by atoms with Gasteiger partial charge in [0.25, 0.3) is 5.91 Å². The highest BCUT2D eigenvalue weighted by Crippen LogP contribution is 2.26. The van der Waals surface area contributed by atoms with E-state index < -0.39 is 6.10 Å². The van der Waals surface area contributed by atoms with E-state index in [0.29, 0.717) is 35.5 Å². The van der Waals surface area contributed by atoms with E-state index >= 15 is 0 Å². The fourth-order valence-electron chi connectivity index (χ4n) is 2.53. The lowest BCUT2D eigenvalue weighted by molar-refractivity contribution is 0.0939. The fourth-order valence-corrected chi connectivity index (χ4v) is 3.58. The highest BCUT2D eigenvalue weighted by molar-refractivity contribution is 14.0. The maximum absolute atomic E-state index is 12.3. The van der Waals surface area contributed by atoms with Crippen molar-refractivity contribution in [2.45, 2.75) is 45.9 Å². The maximum Gasteiger partial charge on any atom is 0.251 e. The molecule has 2 unspecified atom stereocenters. The summed E-state index contributed by atoms with van der Waals surface area (Å²) >= 11 is 7.29. The SMILES string of the molecule is CCNC(=NCc1cccc(C(=O)NC(C)CC)c1)NCC(O)c1ccc(Cl)s1.I. The number of aliphatic hydroxyl groups is 1. The van der Waals surface area contributed by atoms with E-state index in [9.17, 15) is 9.90 Å². The predicted octanol–water partition coefficient (Wildman–Crippen LogP) is 4.34. The second-order valence-corrected chi connectivity index (χ2v) is 8.46. The molecule has 1 aromatic carbocycles. The van der Waals surface area contributed by atoms with Crippen molar-refractivity contribution in [2.24, 2.45) is 4.99 Å². The molecule has 0 aliphatic heterocycles. The molecule has 166 valence electrons. The van der Waals surface area contributed by atoms with Gasteiger partial charge in [-0.25, -0.2) is 4.99 Å². The highest BCUT2D eigenvalue weighted by atomic mass is 127. The highest BCUT2D eigenvalue weighted by Gasteiger charge is 2.11. The molecule has 0 aliphatic rings. The van der Waals surface area contributed by atoms with E-state index in [4.69, 9.17) is 11.6 Å². The van der Waals surface area contributed by atoms with Gasteiger partial charge in [-0.2, -0.15) is 0 Å². The van der Waals surface area contributed by atoms with Gasteiger partial charge in [-0.05, 0) is 50.1 Å². The first-order valence-electron chi connectivity index (χ1n) is 9.78. The zero-order chi connectivity index (χ0) is 21.2. The van der Waals surface area contributed by atoms with Gasteiger partial charge in [0.2, 0.25) is 0 Å². The van der Waals surface area contributed by atoms with Gasteiger partial charge < -0.3 is 21.1 Å². The number of halogens is 2. The maximum atomic E-state index is 12.3. The van der Waals surface area contributed by atoms with Crippen molar-refractivity contribution >= 4 is 58.8 Å². The van der Waals surface area contributed by atoms with Crippen LogP contribution in [0, 0.1) is 0 Å². The lowest BCUT2D eigenvalue weighted by Crippen LogP contribution is -2.39. The molecule has 1 amide bonds. The van der Waals surface area contributed by atoms with E-state index in [1.54, 1.807) is 12.1 Å². The predicted molar refractivity (Wildman–Crippen MR) is 136 cm³/mol. The third-order valence-corrected chi connectivity index (χ3v) is 5.66. The molecule has 1 heterocycles. The molecule has 30 heavy (non-hydrogen) atoms. The van der Waals surface area contributed by atoms with Crippen LogP contribution in [0.25, 0.3) is 0 Å². The molecule has 0 saturated carbocycles. The summed E-state index contributed by atoms with van der Waals surface area (Å²) in [6.45, 7) is 7.44. The van der Waals surface area contributed by atoms with Crippen molar-refractivity contribution in [3.63, 3.8) is 0 Å². The van der Waals surface area contributed by atoms with Crippen LogP contribution in [-0.4, -0.2) is 36.1 Å². The Hall–Kier alpha value is -1.36. The average molecular weight is 565 g/mol. The van der Waals surface area contributed by atoms with Gasteiger partial charge >= 0.3 is 0 Å². The fraction of sp³-hybridized carbons (Fsp3) is 0.429. The normalized spacial score (nSPS) is 13.2. The molecule has 0 aliphatic carbocycles. The Bertz CT molecular complexity index is 831. The number of nitrogens with zero attached hydrogens (tertiary/aromatic N) is 1. The average Bonchev–Trinajstić information content (AvgIpc) is 3.16. The molecule has 2 rings (SSSR count). The van der Waals surface area contributed by atoms with Gasteiger partial charge in [0, 0.05) is 29.6 Å². The van der Waals surface area contributed by atoms with Crippen molar-refractivity contribution in [2.75, 3.05) is 13.1 Å². The van der Waals surface area contributed by atoms with Crippen molar-refractivity contribution in [3.8, 4) is 0 Å². The van der Waals surface area contributed by atoms with Crippen LogP contribution in [-0.2, 0) is 6.54 Å². The summed E-state index contributed by atoms with van der Waals surface area (Å²) in [6, 6.07) is 11.2. The molecule has 4 N–H and O–H groups in total. The number of aliphatic hydroxyl groups excluding tert-OH is 1. The summed E-state index contributed by atoms with van der Waals surface area (Å²) < 4.78 is 0.650. The van der Waals surface area contributed by atoms with Crippen LogP contribution < -0.4 is 16.0 Å². The molecule has 9 heteroatoms. The van der Waals surface area contributed by atoms with Crippen LogP contribution in [0.2, 0.25) is 4.34 Å². The molecule has 0 spiro atoms. The number of thiophene rings is 1. The number of rotatable bonds is 9. The molecule has 2 aromatic rings. The molecular formula is C21H30ClIN4O2S. The Morgan fingerprint density at radius 2 is 2.00 bits per heavy atom. The second-order valence-electron chi connectivity index (χ2n) is 6.72. The number of carbonyl (C=O) groups excluding carboxylic acids is 1. The van der Waals surface area contributed by atoms with E-state index in [1.807, 2.05) is 45.0 Å². The number of hydrogen-bond donors (Lipinski definition) is 4. The molecule has 1 aromatic heterocycles. The quantitative estimate of drug-likeness (QED) is 0.207. The smallest absolute Gasteiger partial charge is 0.251 e. The topological polar surface area (TPSA) is 85.8 Å². The largest absolute Gasteiger partial charge is 0.386 e. The zero-order valence-electron chi connectivity index (χ0n) is 17.4. The Morgan fingerprint density at radius 1 is 1.23 bits per heavy atom. The summed E-state index contributed by atoms with van der Waals surface area (Å²) in [5.41, 5.74) is 1.56. The van der Waals surface area contributed by atoms with Gasteiger partial charge in [0.05, 0.1) is 10.9 Å². The van der Waals surface area contributed by atoms with E-state index in [1.165, 1.54) is 11.3 Å². The van der Waals surface area contributed by atoms with Crippen molar-refractivity contribution in [1.29, 1.82) is 0 Å². The lowest BCUT2D eigenvalue weighted by Gasteiger charge is -2.14. The van der Waals surface area contributed by atoms with E-state index in [0.717, 1.165) is 16.9 Å². The number of nitrogens with one attached hydrogen (secondary N) is 3. The van der Waals surface area contributed by atoms with Crippen LogP contribution in [0.15, 0.2) is 41.4 Å². The van der Waals surface area contributed by atoms with Gasteiger partial charge in [-0.15, -0.1) is 35.3 Å². The third-order valence-electron chi connectivity index (χ3n) is 4.33. The number of benzene rings is 1. The summed E-state index contributed by atoms with van der Waals surface area (Å²) in [6.07, 6.45) is 0.223. The van der Waals surface area contributed by atoms with Gasteiger partial charge in [-0.3, -0.25) is 4.79 Å². The Kier molecular flexibility index (Phi) is 12.3. The van der Waals surface area contributed by atoms with Crippen LogP contribution in [0.1, 0.15) is 54.1 Å². The standard InChI is InChI=1S/C21H29ClN4O2S.HI/c1-4-14(3)26-20(28)16-8-6-7-15(11-16)12-24-21(23-5-2)25-13-17(27)18-9-10-19(22)29-18;/h6-11,14,17,27H,4-5,12-13H2,1-3H3,(H,26,28)(H2,23,24,25);1H. The number of aliphatic imine (C=N–C) groups is 1. The Labute approximate surface area is 204 Å². The zero-order valence-corrected chi connectivity index (χ0v) is 21.3. The van der Waals surface area contributed by atoms with Crippen molar-refractivity contribution in [1.82, 2.24) is 16.0 Å².